The van der Waals surface area contributed by atoms with Gasteiger partial charge in [0.05, 0.1) is 5.56 Å². The Hall–Kier alpha value is -1.52. The van der Waals surface area contributed by atoms with E-state index in [2.05, 4.69) is 11.9 Å². The molecule has 0 atom stereocenters. The Balaban J connectivity index is 1.63. The highest BCUT2D eigenvalue weighted by atomic mass is 35.5. The van der Waals surface area contributed by atoms with Crippen LogP contribution in [0.3, 0.4) is 0 Å². The van der Waals surface area contributed by atoms with Crippen molar-refractivity contribution in [3.05, 3.63) is 58.9 Å². The van der Waals surface area contributed by atoms with Crippen LogP contribution in [0.1, 0.15) is 35.7 Å². The van der Waals surface area contributed by atoms with Gasteiger partial charge in [0.2, 0.25) is 0 Å². The van der Waals surface area contributed by atoms with Crippen molar-refractivity contribution in [2.24, 2.45) is 5.92 Å². The number of pyridine rings is 1. The lowest BCUT2D eigenvalue weighted by atomic mass is 9.99. The first-order valence-corrected chi connectivity index (χ1v) is 9.60. The lowest BCUT2D eigenvalue weighted by Gasteiger charge is -2.30. The average molecular weight is 361 g/mol. The van der Waals surface area contributed by atoms with Gasteiger partial charge in [0, 0.05) is 41.2 Å². The molecule has 3 rings (SSSR count). The molecule has 0 saturated carbocycles. The van der Waals surface area contributed by atoms with E-state index in [9.17, 15) is 4.79 Å². The first-order valence-electron chi connectivity index (χ1n) is 8.23. The Morgan fingerprint density at radius 1 is 1.25 bits per heavy atom. The number of thioether (sulfide) groups is 1. The van der Waals surface area contributed by atoms with E-state index in [1.807, 2.05) is 41.4 Å². The van der Waals surface area contributed by atoms with Gasteiger partial charge in [-0.25, -0.2) is 0 Å². The van der Waals surface area contributed by atoms with Crippen LogP contribution in [-0.4, -0.2) is 28.9 Å². The zero-order chi connectivity index (χ0) is 16.9. The van der Waals surface area contributed by atoms with Crippen LogP contribution >= 0.6 is 23.4 Å². The third kappa shape index (κ3) is 4.52. The lowest BCUT2D eigenvalue weighted by Crippen LogP contribution is -2.37. The predicted molar refractivity (Wildman–Crippen MR) is 99.6 cm³/mol. The maximum absolute atomic E-state index is 12.6. The Morgan fingerprint density at radius 2 is 1.96 bits per heavy atom. The van der Waals surface area contributed by atoms with Crippen molar-refractivity contribution in [1.82, 2.24) is 9.88 Å². The van der Waals surface area contributed by atoms with E-state index in [0.717, 1.165) is 47.2 Å². The SMILES string of the molecule is CC1CCN(C(=O)c2cncc(CSc3ccc(Cl)cc3)c2)CC1. The van der Waals surface area contributed by atoms with Crippen molar-refractivity contribution in [1.29, 1.82) is 0 Å². The minimum absolute atomic E-state index is 0.104. The van der Waals surface area contributed by atoms with E-state index in [1.165, 1.54) is 0 Å². The van der Waals surface area contributed by atoms with Gasteiger partial charge in [-0.15, -0.1) is 11.8 Å². The van der Waals surface area contributed by atoms with Crippen LogP contribution in [0.15, 0.2) is 47.6 Å². The van der Waals surface area contributed by atoms with Crippen molar-refractivity contribution in [2.45, 2.75) is 30.4 Å². The number of likely N-dealkylation sites (tertiary alicyclic amines) is 1. The van der Waals surface area contributed by atoms with E-state index in [4.69, 9.17) is 11.6 Å². The van der Waals surface area contributed by atoms with E-state index in [1.54, 1.807) is 18.0 Å². The molecule has 2 aromatic rings. The molecule has 1 aliphatic heterocycles. The molecule has 0 spiro atoms. The number of hydrogen-bond donors (Lipinski definition) is 0. The summed E-state index contributed by atoms with van der Waals surface area (Å²) >= 11 is 7.62. The van der Waals surface area contributed by atoms with Crippen molar-refractivity contribution in [3.63, 3.8) is 0 Å². The molecule has 0 N–H and O–H groups in total. The van der Waals surface area contributed by atoms with Crippen LogP contribution in [0.2, 0.25) is 5.02 Å². The zero-order valence-electron chi connectivity index (χ0n) is 13.7. The molecular formula is C19H21ClN2OS. The number of piperidine rings is 1. The molecule has 5 heteroatoms. The van der Waals surface area contributed by atoms with Gasteiger partial charge in [-0.1, -0.05) is 18.5 Å². The number of halogens is 1. The second kappa shape index (κ2) is 8.04. The van der Waals surface area contributed by atoms with Gasteiger partial charge >= 0.3 is 0 Å². The monoisotopic (exact) mass is 360 g/mol. The van der Waals surface area contributed by atoms with Crippen LogP contribution < -0.4 is 0 Å². The highest BCUT2D eigenvalue weighted by molar-refractivity contribution is 7.98. The van der Waals surface area contributed by atoms with Crippen molar-refractivity contribution < 1.29 is 4.79 Å². The highest BCUT2D eigenvalue weighted by Crippen LogP contribution is 2.25. The number of amides is 1. The van der Waals surface area contributed by atoms with Gasteiger partial charge in [-0.05, 0) is 54.7 Å². The summed E-state index contributed by atoms with van der Waals surface area (Å²) in [5.74, 6) is 1.61. The molecule has 126 valence electrons. The second-order valence-corrected chi connectivity index (χ2v) is 7.78. The van der Waals surface area contributed by atoms with E-state index in [-0.39, 0.29) is 5.91 Å². The number of aromatic nitrogens is 1. The number of benzene rings is 1. The first kappa shape index (κ1) is 17.3. The van der Waals surface area contributed by atoms with Gasteiger partial charge in [-0.2, -0.15) is 0 Å². The standard InChI is InChI=1S/C19H21ClN2OS/c1-14-6-8-22(9-7-14)19(23)16-10-15(11-21-12-16)13-24-18-4-2-17(20)3-5-18/h2-5,10-12,14H,6-9,13H2,1H3. The second-order valence-electron chi connectivity index (χ2n) is 6.30. The third-order valence-corrected chi connectivity index (χ3v) is 5.67. The number of rotatable bonds is 4. The zero-order valence-corrected chi connectivity index (χ0v) is 15.3. The van der Waals surface area contributed by atoms with Crippen LogP contribution in [0.5, 0.6) is 0 Å². The summed E-state index contributed by atoms with van der Waals surface area (Å²) in [6.07, 6.45) is 5.69. The lowest BCUT2D eigenvalue weighted by molar-refractivity contribution is 0.0696. The van der Waals surface area contributed by atoms with E-state index < -0.39 is 0 Å². The fourth-order valence-electron chi connectivity index (χ4n) is 2.78. The fourth-order valence-corrected chi connectivity index (χ4v) is 3.72. The average Bonchev–Trinajstić information content (AvgIpc) is 2.61. The number of carbonyl (C=O) groups is 1. The minimum atomic E-state index is 0.104. The van der Waals surface area contributed by atoms with Crippen molar-refractivity contribution in [3.8, 4) is 0 Å². The maximum Gasteiger partial charge on any atom is 0.255 e. The van der Waals surface area contributed by atoms with Gasteiger partial charge in [0.1, 0.15) is 0 Å². The highest BCUT2D eigenvalue weighted by Gasteiger charge is 2.21. The van der Waals surface area contributed by atoms with Crippen LogP contribution in [0, 0.1) is 5.92 Å². The Morgan fingerprint density at radius 3 is 2.67 bits per heavy atom. The summed E-state index contributed by atoms with van der Waals surface area (Å²) in [5, 5.41) is 0.740. The Labute approximate surface area is 152 Å². The van der Waals surface area contributed by atoms with E-state index in [0.29, 0.717) is 11.5 Å². The quantitative estimate of drug-likeness (QED) is 0.727. The molecule has 2 heterocycles. The molecule has 1 aliphatic rings. The minimum Gasteiger partial charge on any atom is -0.339 e. The predicted octanol–water partition coefficient (Wildman–Crippen LogP) is 4.90. The van der Waals surface area contributed by atoms with Gasteiger partial charge in [0.25, 0.3) is 5.91 Å². The molecule has 0 radical (unpaired) electrons. The smallest absolute Gasteiger partial charge is 0.255 e. The van der Waals surface area contributed by atoms with Gasteiger partial charge in [-0.3, -0.25) is 9.78 Å². The maximum atomic E-state index is 12.6. The largest absolute Gasteiger partial charge is 0.339 e. The molecule has 0 unspecified atom stereocenters. The third-order valence-electron chi connectivity index (χ3n) is 4.33. The summed E-state index contributed by atoms with van der Waals surface area (Å²) in [4.78, 5) is 20.0. The van der Waals surface area contributed by atoms with Crippen LogP contribution in [-0.2, 0) is 5.75 Å². The molecule has 3 nitrogen and oxygen atoms in total. The molecule has 1 amide bonds. The van der Waals surface area contributed by atoms with Gasteiger partial charge in [0.15, 0.2) is 0 Å². The molecule has 1 aromatic carbocycles. The van der Waals surface area contributed by atoms with Crippen molar-refractivity contribution >= 4 is 29.3 Å². The van der Waals surface area contributed by atoms with E-state index >= 15 is 0 Å². The fraction of sp³-hybridized carbons (Fsp3) is 0.368. The Kier molecular flexibility index (Phi) is 5.80. The van der Waals surface area contributed by atoms with Crippen LogP contribution in [0.4, 0.5) is 0 Å². The molecular weight excluding hydrogens is 340 g/mol. The normalized spacial score (nSPS) is 15.5. The number of carbonyl (C=O) groups excluding carboxylic acids is 1. The molecule has 1 fully saturated rings. The molecule has 1 saturated heterocycles. The summed E-state index contributed by atoms with van der Waals surface area (Å²) < 4.78 is 0. The summed E-state index contributed by atoms with van der Waals surface area (Å²) in [5.41, 5.74) is 1.75. The number of nitrogens with zero attached hydrogens (tertiary/aromatic N) is 2. The molecule has 0 aliphatic carbocycles. The molecule has 0 bridgehead atoms. The summed E-state index contributed by atoms with van der Waals surface area (Å²) in [6.45, 7) is 3.95. The summed E-state index contributed by atoms with van der Waals surface area (Å²) in [6, 6.07) is 9.75. The number of hydrogen-bond acceptors (Lipinski definition) is 3. The molecule has 24 heavy (non-hydrogen) atoms. The Bertz CT molecular complexity index is 697. The van der Waals surface area contributed by atoms with Gasteiger partial charge < -0.3 is 4.90 Å². The topological polar surface area (TPSA) is 33.2 Å². The molecule has 1 aromatic heterocycles. The van der Waals surface area contributed by atoms with Crippen molar-refractivity contribution in [2.75, 3.05) is 13.1 Å². The summed E-state index contributed by atoms with van der Waals surface area (Å²) in [7, 11) is 0. The first-order chi connectivity index (χ1) is 11.6. The van der Waals surface area contributed by atoms with Crippen LogP contribution in [0.25, 0.3) is 0 Å².